The van der Waals surface area contributed by atoms with Crippen molar-refractivity contribution >= 4 is 6.09 Å². The lowest BCUT2D eigenvalue weighted by Crippen LogP contribution is -2.26. The molecule has 0 spiro atoms. The highest BCUT2D eigenvalue weighted by atomic mass is 16.5. The second kappa shape index (κ2) is 7.96. The maximum Gasteiger partial charge on any atom is 0.407 e. The number of carbonyl (C=O) groups excluding carboxylic acids is 1. The van der Waals surface area contributed by atoms with Gasteiger partial charge in [0, 0.05) is 17.9 Å². The van der Waals surface area contributed by atoms with E-state index in [2.05, 4.69) is 41.4 Å². The van der Waals surface area contributed by atoms with E-state index >= 15 is 0 Å². The van der Waals surface area contributed by atoms with Gasteiger partial charge in [-0.25, -0.2) is 4.79 Å². The molecule has 0 atom stereocenters. The van der Waals surface area contributed by atoms with Gasteiger partial charge >= 0.3 is 6.09 Å². The average Bonchev–Trinajstić information content (AvgIpc) is 3.37. The smallest absolute Gasteiger partial charge is 0.407 e. The number of hydrogen-bond donors (Lipinski definition) is 1. The predicted octanol–water partition coefficient (Wildman–Crippen LogP) is 4.51. The van der Waals surface area contributed by atoms with Crippen LogP contribution >= 0.6 is 0 Å². The zero-order valence-electron chi connectivity index (χ0n) is 16.5. The SMILES string of the molecule is O=C(NCC#Cc1ccc2c(c1)CCO2)OCC1c2ccccc2-c2ccccc21. The summed E-state index contributed by atoms with van der Waals surface area (Å²) in [5, 5.41) is 2.72. The van der Waals surface area contributed by atoms with E-state index in [1.165, 1.54) is 27.8 Å². The van der Waals surface area contributed by atoms with Crippen molar-refractivity contribution in [2.75, 3.05) is 19.8 Å². The molecule has 148 valence electrons. The van der Waals surface area contributed by atoms with Crippen LogP contribution in [0.2, 0.25) is 0 Å². The Labute approximate surface area is 175 Å². The van der Waals surface area contributed by atoms with E-state index in [-0.39, 0.29) is 12.5 Å². The van der Waals surface area contributed by atoms with Crippen molar-refractivity contribution in [2.45, 2.75) is 12.3 Å². The minimum atomic E-state index is -0.450. The third-order valence-corrected chi connectivity index (χ3v) is 5.59. The predicted molar refractivity (Wildman–Crippen MR) is 116 cm³/mol. The van der Waals surface area contributed by atoms with Crippen molar-refractivity contribution in [3.05, 3.63) is 89.0 Å². The quantitative estimate of drug-likeness (QED) is 0.664. The molecule has 0 saturated heterocycles. The number of carbonyl (C=O) groups is 1. The summed E-state index contributed by atoms with van der Waals surface area (Å²) < 4.78 is 11.0. The van der Waals surface area contributed by atoms with Crippen LogP contribution in [0.3, 0.4) is 0 Å². The molecular weight excluding hydrogens is 374 g/mol. The maximum atomic E-state index is 12.2. The van der Waals surface area contributed by atoms with Crippen LogP contribution in [-0.4, -0.2) is 25.9 Å². The number of hydrogen-bond acceptors (Lipinski definition) is 3. The Bertz CT molecular complexity index is 1130. The average molecular weight is 395 g/mol. The molecule has 3 aromatic rings. The van der Waals surface area contributed by atoms with Crippen LogP contribution in [0.25, 0.3) is 11.1 Å². The van der Waals surface area contributed by atoms with Crippen LogP contribution in [0.1, 0.15) is 28.2 Å². The molecule has 4 heteroatoms. The highest BCUT2D eigenvalue weighted by Gasteiger charge is 2.28. The summed E-state index contributed by atoms with van der Waals surface area (Å²) in [6.07, 6.45) is 0.469. The summed E-state index contributed by atoms with van der Waals surface area (Å²) in [6.45, 7) is 1.28. The number of amides is 1. The highest BCUT2D eigenvalue weighted by Crippen LogP contribution is 2.44. The summed E-state index contributed by atoms with van der Waals surface area (Å²) in [4.78, 5) is 12.2. The Hall–Kier alpha value is -3.71. The molecular formula is C26H21NO3. The lowest BCUT2D eigenvalue weighted by molar-refractivity contribution is 0.144. The Morgan fingerprint density at radius 2 is 1.77 bits per heavy atom. The van der Waals surface area contributed by atoms with E-state index in [0.717, 1.165) is 24.3 Å². The molecule has 1 aliphatic heterocycles. The molecule has 1 aliphatic carbocycles. The van der Waals surface area contributed by atoms with Crippen molar-refractivity contribution in [2.24, 2.45) is 0 Å². The monoisotopic (exact) mass is 395 g/mol. The third kappa shape index (κ3) is 3.51. The second-order valence-corrected chi connectivity index (χ2v) is 7.40. The van der Waals surface area contributed by atoms with E-state index in [1.54, 1.807) is 0 Å². The first-order valence-corrected chi connectivity index (χ1v) is 10.1. The Morgan fingerprint density at radius 3 is 2.53 bits per heavy atom. The number of fused-ring (bicyclic) bond motifs is 4. The number of rotatable bonds is 3. The summed E-state index contributed by atoms with van der Waals surface area (Å²) in [5.41, 5.74) is 6.94. The molecule has 1 heterocycles. The minimum absolute atomic E-state index is 0.0582. The summed E-state index contributed by atoms with van der Waals surface area (Å²) in [5.74, 6) is 7.06. The van der Waals surface area contributed by atoms with Crippen molar-refractivity contribution < 1.29 is 14.3 Å². The molecule has 1 amide bonds. The fourth-order valence-corrected chi connectivity index (χ4v) is 4.18. The van der Waals surface area contributed by atoms with E-state index in [9.17, 15) is 4.79 Å². The normalized spacial score (nSPS) is 13.3. The number of nitrogens with one attached hydrogen (secondary N) is 1. The Balaban J connectivity index is 1.18. The number of benzene rings is 3. The van der Waals surface area contributed by atoms with Crippen molar-refractivity contribution in [1.82, 2.24) is 5.32 Å². The van der Waals surface area contributed by atoms with Gasteiger partial charge in [0.05, 0.1) is 13.2 Å². The molecule has 2 aliphatic rings. The second-order valence-electron chi connectivity index (χ2n) is 7.40. The van der Waals surface area contributed by atoms with Crippen molar-refractivity contribution in [1.29, 1.82) is 0 Å². The summed E-state index contributed by atoms with van der Waals surface area (Å²) in [7, 11) is 0. The molecule has 3 aromatic carbocycles. The van der Waals surface area contributed by atoms with Gasteiger partial charge in [-0.1, -0.05) is 60.4 Å². The zero-order chi connectivity index (χ0) is 20.3. The van der Waals surface area contributed by atoms with Gasteiger partial charge in [0.1, 0.15) is 12.4 Å². The molecule has 0 bridgehead atoms. The molecule has 0 fully saturated rings. The molecule has 0 saturated carbocycles. The van der Waals surface area contributed by atoms with E-state index in [4.69, 9.17) is 9.47 Å². The topological polar surface area (TPSA) is 47.6 Å². The first-order chi connectivity index (χ1) is 14.8. The van der Waals surface area contributed by atoms with Crippen LogP contribution in [0, 0.1) is 11.8 Å². The summed E-state index contributed by atoms with van der Waals surface area (Å²) in [6, 6.07) is 22.5. The van der Waals surface area contributed by atoms with E-state index < -0.39 is 6.09 Å². The number of ether oxygens (including phenoxy) is 2. The molecule has 5 rings (SSSR count). The molecule has 4 nitrogen and oxygen atoms in total. The maximum absolute atomic E-state index is 12.2. The van der Waals surface area contributed by atoms with Gasteiger partial charge in [0.15, 0.2) is 0 Å². The van der Waals surface area contributed by atoms with Crippen LogP contribution < -0.4 is 10.1 Å². The van der Waals surface area contributed by atoms with Gasteiger partial charge in [0.25, 0.3) is 0 Å². The lowest BCUT2D eigenvalue weighted by atomic mass is 9.98. The van der Waals surface area contributed by atoms with Crippen LogP contribution in [0.15, 0.2) is 66.7 Å². The molecule has 0 unspecified atom stereocenters. The van der Waals surface area contributed by atoms with Gasteiger partial charge in [0.2, 0.25) is 0 Å². The first-order valence-electron chi connectivity index (χ1n) is 10.1. The fraction of sp³-hybridized carbons (Fsp3) is 0.192. The van der Waals surface area contributed by atoms with Crippen LogP contribution in [0.4, 0.5) is 4.79 Å². The van der Waals surface area contributed by atoms with Crippen molar-refractivity contribution in [3.63, 3.8) is 0 Å². The molecule has 0 aromatic heterocycles. The minimum Gasteiger partial charge on any atom is -0.493 e. The number of alkyl carbamates (subject to hydrolysis) is 1. The Morgan fingerprint density at radius 1 is 1.03 bits per heavy atom. The first kappa shape index (κ1) is 18.3. The van der Waals surface area contributed by atoms with Crippen LogP contribution in [0.5, 0.6) is 5.75 Å². The largest absolute Gasteiger partial charge is 0.493 e. The van der Waals surface area contributed by atoms with E-state index in [1.807, 2.05) is 42.5 Å². The lowest BCUT2D eigenvalue weighted by Gasteiger charge is -2.14. The third-order valence-electron chi connectivity index (χ3n) is 5.59. The van der Waals surface area contributed by atoms with Gasteiger partial charge in [-0.15, -0.1) is 0 Å². The van der Waals surface area contributed by atoms with Crippen molar-refractivity contribution in [3.8, 4) is 28.7 Å². The molecule has 0 radical (unpaired) electrons. The van der Waals surface area contributed by atoms with E-state index in [0.29, 0.717) is 6.61 Å². The van der Waals surface area contributed by atoms with Gasteiger partial charge < -0.3 is 14.8 Å². The standard InChI is InChI=1S/C26H21NO3/c28-26(27-14-5-6-18-11-12-25-19(16-18)13-15-29-25)30-17-24-22-9-3-1-7-20(22)21-8-2-4-10-23(21)24/h1-4,7-12,16,24H,13-15,17H2,(H,27,28). The van der Waals surface area contributed by atoms with Gasteiger partial charge in [-0.3, -0.25) is 0 Å². The summed E-state index contributed by atoms with van der Waals surface area (Å²) >= 11 is 0. The van der Waals surface area contributed by atoms with Gasteiger partial charge in [-0.05, 0) is 46.0 Å². The van der Waals surface area contributed by atoms with Gasteiger partial charge in [-0.2, -0.15) is 0 Å². The fourth-order valence-electron chi connectivity index (χ4n) is 4.18. The molecule has 1 N–H and O–H groups in total. The van der Waals surface area contributed by atoms with Crippen LogP contribution in [-0.2, 0) is 11.2 Å². The Kier molecular flexibility index (Phi) is 4.86. The highest BCUT2D eigenvalue weighted by molar-refractivity contribution is 5.79. The molecule has 30 heavy (non-hydrogen) atoms. The zero-order valence-corrected chi connectivity index (χ0v) is 16.5.